The molecule has 0 radical (unpaired) electrons. The molecule has 0 fully saturated rings. The van der Waals surface area contributed by atoms with Crippen LogP contribution >= 0.6 is 7.82 Å². The summed E-state index contributed by atoms with van der Waals surface area (Å²) in [6.07, 6.45) is 77.7. The van der Waals surface area contributed by atoms with Crippen LogP contribution in [0.3, 0.4) is 0 Å². The smallest absolute Gasteiger partial charge is 0.306 e. The van der Waals surface area contributed by atoms with E-state index >= 15 is 0 Å². The van der Waals surface area contributed by atoms with Crippen molar-refractivity contribution in [2.75, 3.05) is 54.1 Å². The van der Waals surface area contributed by atoms with E-state index in [2.05, 4.69) is 148 Å². The number of carbonyl (C=O) groups is 1. The molecule has 404 valence electrons. The minimum Gasteiger partial charge on any atom is -0.756 e. The van der Waals surface area contributed by atoms with Crippen LogP contribution in [0.5, 0.6) is 0 Å². The normalized spacial score (nSPS) is 14.5. The van der Waals surface area contributed by atoms with Crippen LogP contribution in [0.25, 0.3) is 0 Å². The fourth-order valence-electron chi connectivity index (χ4n) is 6.99. The topological polar surface area (TPSA) is 94.1 Å². The maximum atomic E-state index is 12.8. The number of rotatable bonds is 50. The number of allylic oxidation sites excluding steroid dienone is 22. The number of nitrogens with zero attached hydrogens (tertiary/aromatic N) is 1. The highest BCUT2D eigenvalue weighted by Crippen LogP contribution is 2.38. The van der Waals surface area contributed by atoms with Crippen LogP contribution in [0.1, 0.15) is 194 Å². The molecule has 0 aliphatic rings. The first-order valence-electron chi connectivity index (χ1n) is 27.9. The van der Waals surface area contributed by atoms with Gasteiger partial charge < -0.3 is 27.9 Å². The molecule has 9 heteroatoms. The molecule has 8 nitrogen and oxygen atoms in total. The van der Waals surface area contributed by atoms with E-state index in [4.69, 9.17) is 18.5 Å². The number of hydrogen-bond donors (Lipinski definition) is 0. The summed E-state index contributed by atoms with van der Waals surface area (Å²) >= 11 is 0. The number of carbonyl (C=O) groups excluding carboxylic acids is 1. The van der Waals surface area contributed by atoms with Crippen molar-refractivity contribution in [1.82, 2.24) is 0 Å². The zero-order valence-corrected chi connectivity index (χ0v) is 46.8. The first kappa shape index (κ1) is 67.6. The lowest BCUT2D eigenvalue weighted by Gasteiger charge is -2.28. The molecule has 0 bridgehead atoms. The van der Waals surface area contributed by atoms with Gasteiger partial charge in [0.1, 0.15) is 19.3 Å². The lowest BCUT2D eigenvalue weighted by atomic mass is 10.1. The van der Waals surface area contributed by atoms with Crippen molar-refractivity contribution in [1.29, 1.82) is 0 Å². The quantitative estimate of drug-likeness (QED) is 0.0197. The molecule has 0 saturated carbocycles. The van der Waals surface area contributed by atoms with Crippen LogP contribution in [0, 0.1) is 0 Å². The first-order valence-corrected chi connectivity index (χ1v) is 29.4. The highest BCUT2D eigenvalue weighted by atomic mass is 31.2. The van der Waals surface area contributed by atoms with E-state index in [9.17, 15) is 14.3 Å². The van der Waals surface area contributed by atoms with Crippen molar-refractivity contribution in [2.45, 2.75) is 200 Å². The SMILES string of the molecule is CC/C=C\C/C=C\C/C=C\C/C=C\C/C=C\C/C=C\CCCCCCC(=O)OC(COCCCCCCCCCCCC/C=C\C/C=C\C/C=C\C/C=C\C/C=C\CC)COP(=O)([O-])OCC[N+](C)(C)C. The number of esters is 1. The van der Waals surface area contributed by atoms with Crippen molar-refractivity contribution in [2.24, 2.45) is 0 Å². The lowest BCUT2D eigenvalue weighted by molar-refractivity contribution is -0.870. The second-order valence-electron chi connectivity index (χ2n) is 19.2. The maximum Gasteiger partial charge on any atom is 0.306 e. The van der Waals surface area contributed by atoms with Gasteiger partial charge in [-0.3, -0.25) is 9.36 Å². The molecule has 0 N–H and O–H groups in total. The van der Waals surface area contributed by atoms with E-state index in [0.29, 0.717) is 17.6 Å². The Labute approximate surface area is 436 Å². The van der Waals surface area contributed by atoms with Crippen LogP contribution in [-0.4, -0.2) is 70.7 Å². The van der Waals surface area contributed by atoms with Gasteiger partial charge in [0.25, 0.3) is 7.82 Å². The molecular formula is C62H104NO7P. The first-order chi connectivity index (χ1) is 34.6. The van der Waals surface area contributed by atoms with Crippen molar-refractivity contribution in [3.05, 3.63) is 134 Å². The molecule has 0 aromatic carbocycles. The zero-order valence-electron chi connectivity index (χ0n) is 45.9. The third kappa shape index (κ3) is 57.4. The van der Waals surface area contributed by atoms with Gasteiger partial charge in [-0.1, -0.05) is 212 Å². The summed E-state index contributed by atoms with van der Waals surface area (Å²) in [5, 5.41) is 0. The van der Waals surface area contributed by atoms with Gasteiger partial charge in [0.15, 0.2) is 0 Å². The Morgan fingerprint density at radius 2 is 0.775 bits per heavy atom. The molecule has 0 rings (SSSR count). The summed E-state index contributed by atoms with van der Waals surface area (Å²) in [6, 6.07) is 0. The van der Waals surface area contributed by atoms with E-state index < -0.39 is 13.9 Å². The van der Waals surface area contributed by atoms with Crippen LogP contribution in [0.2, 0.25) is 0 Å². The molecule has 0 saturated heterocycles. The number of quaternary nitrogens is 1. The third-order valence-electron chi connectivity index (χ3n) is 11.2. The largest absolute Gasteiger partial charge is 0.756 e. The fraction of sp³-hybridized carbons (Fsp3) is 0.629. The number of phosphoric ester groups is 1. The van der Waals surface area contributed by atoms with Gasteiger partial charge in [0, 0.05) is 13.0 Å². The second-order valence-corrected chi connectivity index (χ2v) is 20.6. The minimum atomic E-state index is -4.55. The van der Waals surface area contributed by atoms with Gasteiger partial charge in [-0.2, -0.15) is 0 Å². The van der Waals surface area contributed by atoms with E-state index in [1.54, 1.807) is 0 Å². The molecule has 2 atom stereocenters. The summed E-state index contributed by atoms with van der Waals surface area (Å²) in [5.74, 6) is -0.365. The molecule has 0 spiro atoms. The van der Waals surface area contributed by atoms with Gasteiger partial charge in [0.2, 0.25) is 0 Å². The number of phosphoric acid groups is 1. The lowest BCUT2D eigenvalue weighted by Crippen LogP contribution is -2.37. The summed E-state index contributed by atoms with van der Waals surface area (Å²) < 4.78 is 34.8. The van der Waals surface area contributed by atoms with E-state index in [0.717, 1.165) is 116 Å². The Morgan fingerprint density at radius 3 is 1.15 bits per heavy atom. The minimum absolute atomic E-state index is 0.0117. The maximum absolute atomic E-state index is 12.8. The fourth-order valence-corrected chi connectivity index (χ4v) is 7.72. The monoisotopic (exact) mass is 1010 g/mol. The summed E-state index contributed by atoms with van der Waals surface area (Å²) in [6.45, 7) is 5.11. The van der Waals surface area contributed by atoms with Gasteiger partial charge in [-0.05, 0) is 109 Å². The van der Waals surface area contributed by atoms with Crippen LogP contribution < -0.4 is 4.89 Å². The molecule has 0 aliphatic heterocycles. The highest BCUT2D eigenvalue weighted by Gasteiger charge is 2.20. The molecule has 0 aromatic heterocycles. The predicted molar refractivity (Wildman–Crippen MR) is 304 cm³/mol. The summed E-state index contributed by atoms with van der Waals surface area (Å²) in [4.78, 5) is 25.3. The molecular weight excluding hydrogens is 902 g/mol. The molecule has 2 unspecified atom stereocenters. The van der Waals surface area contributed by atoms with E-state index in [1.807, 2.05) is 21.1 Å². The van der Waals surface area contributed by atoms with E-state index in [1.165, 1.54) is 57.8 Å². The third-order valence-corrected chi connectivity index (χ3v) is 12.2. The number of unbranched alkanes of at least 4 members (excludes halogenated alkanes) is 14. The number of likely N-dealkylation sites (N-methyl/N-ethyl adjacent to an activating group) is 1. The average Bonchev–Trinajstić information content (AvgIpc) is 3.33. The molecule has 0 heterocycles. The summed E-state index contributed by atoms with van der Waals surface area (Å²) in [7, 11) is 1.31. The number of ether oxygens (including phenoxy) is 2. The Hall–Kier alpha value is -3.36. The summed E-state index contributed by atoms with van der Waals surface area (Å²) in [5.41, 5.74) is 0. The van der Waals surface area contributed by atoms with Crippen molar-refractivity contribution < 1.29 is 37.3 Å². The van der Waals surface area contributed by atoms with Crippen molar-refractivity contribution in [3.8, 4) is 0 Å². The Balaban J connectivity index is 4.20. The van der Waals surface area contributed by atoms with Gasteiger partial charge in [-0.15, -0.1) is 0 Å². The second kappa shape index (κ2) is 52.9. The highest BCUT2D eigenvalue weighted by molar-refractivity contribution is 7.45. The average molecular weight is 1010 g/mol. The Morgan fingerprint density at radius 1 is 0.437 bits per heavy atom. The molecule has 0 amide bonds. The Bertz CT molecular complexity index is 1590. The van der Waals surface area contributed by atoms with Gasteiger partial charge >= 0.3 is 5.97 Å². The molecule has 71 heavy (non-hydrogen) atoms. The number of hydrogen-bond acceptors (Lipinski definition) is 7. The van der Waals surface area contributed by atoms with Crippen molar-refractivity contribution >= 4 is 13.8 Å². The molecule has 0 aliphatic carbocycles. The predicted octanol–water partition coefficient (Wildman–Crippen LogP) is 17.2. The van der Waals surface area contributed by atoms with E-state index in [-0.39, 0.29) is 32.2 Å². The van der Waals surface area contributed by atoms with Crippen molar-refractivity contribution in [3.63, 3.8) is 0 Å². The van der Waals surface area contributed by atoms with Crippen LogP contribution in [-0.2, 0) is 27.9 Å². The zero-order chi connectivity index (χ0) is 51.9. The van der Waals surface area contributed by atoms with Crippen LogP contribution in [0.15, 0.2) is 134 Å². The standard InChI is InChI=1S/C62H104NO7P/c1-6-8-10-12-14-16-18-20-22-24-26-28-30-31-32-34-36-38-40-42-44-46-48-50-52-54-57-67-59-61(60-69-71(65,66)68-58-56-63(3,4)5)70-62(64)55-53-51-49-47-45-43-41-39-37-35-33-29-27-25-23-21-19-17-15-13-11-9-7-2/h8-11,14-17,20-23,26-29,31-32,35,37,41,43,61H,6-7,12-13,18-19,24-25,30,33-34,36,38-40,42,44-60H2,1-5H3/b10-8-,11-9-,16-14-,17-15-,22-20-,23-21-,28-26-,29-27-,32-31-,37-35-,43-41-. The van der Waals surface area contributed by atoms with Gasteiger partial charge in [-0.25, -0.2) is 0 Å². The van der Waals surface area contributed by atoms with Crippen LogP contribution in [0.4, 0.5) is 0 Å². The van der Waals surface area contributed by atoms with Gasteiger partial charge in [0.05, 0.1) is 34.4 Å². The Kier molecular flexibility index (Phi) is 50.4. The molecule has 0 aromatic rings.